The fourth-order valence-corrected chi connectivity index (χ4v) is 5.30. The Morgan fingerprint density at radius 3 is 2.82 bits per heavy atom. The highest BCUT2D eigenvalue weighted by atomic mass is 16.7. The van der Waals surface area contributed by atoms with E-state index in [2.05, 4.69) is 31.4 Å². The number of aliphatic hydroxyl groups excluding tert-OH is 1. The zero-order valence-electron chi connectivity index (χ0n) is 19.2. The Balaban J connectivity index is 1.25. The minimum absolute atomic E-state index is 0.0564. The van der Waals surface area contributed by atoms with Crippen LogP contribution >= 0.6 is 0 Å². The van der Waals surface area contributed by atoms with Crippen molar-refractivity contribution >= 4 is 17.8 Å². The summed E-state index contributed by atoms with van der Waals surface area (Å²) in [5, 5.41) is 15.6. The van der Waals surface area contributed by atoms with E-state index >= 15 is 0 Å². The second-order valence-electron chi connectivity index (χ2n) is 10.0. The fourth-order valence-electron chi connectivity index (χ4n) is 5.30. The standard InChI is InChI=1S/C23H31N3O7/c1-14-7-22(2,3)12-23(8-14)20(29)26(21(30)25-23)10-19(28)24-9-15(27)11-31-16-4-5-17-18(6-16)33-13-32-17/h4-6,14-15,27H,7-13H2,1-3H3,(H,24,28)(H,25,30). The highest BCUT2D eigenvalue weighted by Gasteiger charge is 2.56. The van der Waals surface area contributed by atoms with Crippen LogP contribution in [0.25, 0.3) is 0 Å². The number of ether oxygens (including phenoxy) is 3. The number of hydrogen-bond donors (Lipinski definition) is 3. The topological polar surface area (TPSA) is 126 Å². The summed E-state index contributed by atoms with van der Waals surface area (Å²) in [7, 11) is 0. The molecule has 4 rings (SSSR count). The van der Waals surface area contributed by atoms with Gasteiger partial charge in [-0.25, -0.2) is 4.79 Å². The van der Waals surface area contributed by atoms with Gasteiger partial charge in [0, 0.05) is 12.6 Å². The third-order valence-corrected chi connectivity index (χ3v) is 6.25. The molecule has 0 radical (unpaired) electrons. The van der Waals surface area contributed by atoms with Gasteiger partial charge in [0.25, 0.3) is 5.91 Å². The number of aliphatic hydroxyl groups is 1. The van der Waals surface area contributed by atoms with Crippen molar-refractivity contribution in [2.45, 2.75) is 51.7 Å². The Hall–Kier alpha value is -3.01. The molecule has 180 valence electrons. The molecule has 3 unspecified atom stereocenters. The van der Waals surface area contributed by atoms with Gasteiger partial charge < -0.3 is 30.0 Å². The predicted molar refractivity (Wildman–Crippen MR) is 117 cm³/mol. The number of hydrogen-bond acceptors (Lipinski definition) is 7. The zero-order valence-corrected chi connectivity index (χ0v) is 19.2. The van der Waals surface area contributed by atoms with Crippen LogP contribution in [0.2, 0.25) is 0 Å². The molecule has 2 aliphatic heterocycles. The van der Waals surface area contributed by atoms with Gasteiger partial charge in [-0.05, 0) is 42.7 Å². The van der Waals surface area contributed by atoms with Crippen LogP contribution in [0.3, 0.4) is 0 Å². The molecule has 1 saturated heterocycles. The molecule has 3 atom stereocenters. The van der Waals surface area contributed by atoms with Gasteiger partial charge in [0.05, 0.1) is 0 Å². The minimum Gasteiger partial charge on any atom is -0.491 e. The quantitative estimate of drug-likeness (QED) is 0.524. The van der Waals surface area contributed by atoms with E-state index < -0.39 is 30.1 Å². The van der Waals surface area contributed by atoms with E-state index in [1.165, 1.54) is 0 Å². The van der Waals surface area contributed by atoms with Crippen molar-refractivity contribution in [2.24, 2.45) is 11.3 Å². The lowest BCUT2D eigenvalue weighted by Gasteiger charge is -2.43. The van der Waals surface area contributed by atoms with E-state index in [1.807, 2.05) is 0 Å². The summed E-state index contributed by atoms with van der Waals surface area (Å²) in [6.07, 6.45) is 1.11. The molecule has 33 heavy (non-hydrogen) atoms. The van der Waals surface area contributed by atoms with Gasteiger partial charge >= 0.3 is 6.03 Å². The lowest BCUT2D eigenvalue weighted by atomic mass is 9.64. The molecule has 4 amide bonds. The second-order valence-corrected chi connectivity index (χ2v) is 10.0. The number of nitrogens with zero attached hydrogens (tertiary/aromatic N) is 1. The monoisotopic (exact) mass is 461 g/mol. The number of imide groups is 1. The molecule has 3 N–H and O–H groups in total. The van der Waals surface area contributed by atoms with Gasteiger partial charge in [-0.3, -0.25) is 14.5 Å². The maximum Gasteiger partial charge on any atom is 0.325 e. The number of urea groups is 1. The molecule has 0 aromatic heterocycles. The number of rotatable bonds is 7. The molecule has 3 aliphatic rings. The molecular weight excluding hydrogens is 430 g/mol. The van der Waals surface area contributed by atoms with Crippen LogP contribution in [0.1, 0.15) is 40.0 Å². The van der Waals surface area contributed by atoms with E-state index in [-0.39, 0.29) is 37.2 Å². The summed E-state index contributed by atoms with van der Waals surface area (Å²) in [5.74, 6) is 1.10. The van der Waals surface area contributed by atoms with Gasteiger partial charge in [0.15, 0.2) is 11.5 Å². The van der Waals surface area contributed by atoms with Crippen molar-refractivity contribution in [1.29, 1.82) is 0 Å². The number of fused-ring (bicyclic) bond motifs is 1. The molecule has 2 fully saturated rings. The van der Waals surface area contributed by atoms with E-state index in [9.17, 15) is 19.5 Å². The SMILES string of the molecule is CC1CC(C)(C)CC2(C1)NC(=O)N(CC(=O)NCC(O)COc1ccc3c(c1)OCO3)C2=O. The molecule has 10 nitrogen and oxygen atoms in total. The third-order valence-electron chi connectivity index (χ3n) is 6.25. The molecule has 0 bridgehead atoms. The molecule has 2 heterocycles. The van der Waals surface area contributed by atoms with Crippen LogP contribution in [0.15, 0.2) is 18.2 Å². The summed E-state index contributed by atoms with van der Waals surface area (Å²) < 4.78 is 16.0. The van der Waals surface area contributed by atoms with Crippen molar-refractivity contribution in [1.82, 2.24) is 15.5 Å². The summed E-state index contributed by atoms with van der Waals surface area (Å²) in [5.41, 5.74) is -1.03. The molecule has 1 aromatic carbocycles. The van der Waals surface area contributed by atoms with Crippen LogP contribution in [-0.4, -0.2) is 66.0 Å². The fraction of sp³-hybridized carbons (Fsp3) is 0.609. The van der Waals surface area contributed by atoms with Gasteiger partial charge in [0.2, 0.25) is 12.7 Å². The average Bonchev–Trinajstić information content (AvgIpc) is 3.27. The van der Waals surface area contributed by atoms with Gasteiger partial charge in [0.1, 0.15) is 30.5 Å². The first kappa shape index (κ1) is 23.2. The first-order valence-electron chi connectivity index (χ1n) is 11.2. The van der Waals surface area contributed by atoms with Crippen molar-refractivity contribution in [3.8, 4) is 17.2 Å². The first-order chi connectivity index (χ1) is 15.6. The van der Waals surface area contributed by atoms with Gasteiger partial charge in [-0.15, -0.1) is 0 Å². The minimum atomic E-state index is -0.978. The Bertz CT molecular complexity index is 950. The summed E-state index contributed by atoms with van der Waals surface area (Å²) in [6, 6.07) is 4.52. The number of benzene rings is 1. The lowest BCUT2D eigenvalue weighted by molar-refractivity contribution is -0.137. The maximum atomic E-state index is 13.1. The Morgan fingerprint density at radius 1 is 1.30 bits per heavy atom. The Kier molecular flexibility index (Phi) is 6.13. The summed E-state index contributed by atoms with van der Waals surface area (Å²) >= 11 is 0. The highest BCUT2D eigenvalue weighted by molar-refractivity contribution is 6.09. The van der Waals surface area contributed by atoms with E-state index in [0.29, 0.717) is 30.1 Å². The van der Waals surface area contributed by atoms with Gasteiger partial charge in [-0.1, -0.05) is 20.8 Å². The normalized spacial score (nSPS) is 26.3. The van der Waals surface area contributed by atoms with Crippen LogP contribution in [0.5, 0.6) is 17.2 Å². The number of carbonyl (C=O) groups excluding carboxylic acids is 3. The largest absolute Gasteiger partial charge is 0.491 e. The molecule has 1 saturated carbocycles. The van der Waals surface area contributed by atoms with E-state index in [0.717, 1.165) is 11.3 Å². The summed E-state index contributed by atoms with van der Waals surface area (Å²) in [4.78, 5) is 39.0. The van der Waals surface area contributed by atoms with Crippen LogP contribution in [0.4, 0.5) is 4.79 Å². The first-order valence-corrected chi connectivity index (χ1v) is 11.2. The average molecular weight is 462 g/mol. The van der Waals surface area contributed by atoms with Crippen molar-refractivity contribution in [3.05, 3.63) is 18.2 Å². The Labute approximate surface area is 192 Å². The molecule has 1 spiro atoms. The van der Waals surface area contributed by atoms with Crippen LogP contribution in [-0.2, 0) is 9.59 Å². The van der Waals surface area contributed by atoms with E-state index in [4.69, 9.17) is 14.2 Å². The Morgan fingerprint density at radius 2 is 2.06 bits per heavy atom. The molecule has 1 aliphatic carbocycles. The summed E-state index contributed by atoms with van der Waals surface area (Å²) in [6.45, 7) is 5.88. The lowest BCUT2D eigenvalue weighted by Crippen LogP contribution is -2.54. The third kappa shape index (κ3) is 5.00. The molecule has 10 heteroatoms. The maximum absolute atomic E-state index is 13.1. The van der Waals surface area contributed by atoms with Crippen LogP contribution < -0.4 is 24.8 Å². The smallest absolute Gasteiger partial charge is 0.325 e. The second kappa shape index (κ2) is 8.74. The molecule has 1 aromatic rings. The van der Waals surface area contributed by atoms with Crippen molar-refractivity contribution in [3.63, 3.8) is 0 Å². The van der Waals surface area contributed by atoms with Crippen molar-refractivity contribution in [2.75, 3.05) is 26.5 Å². The van der Waals surface area contributed by atoms with E-state index in [1.54, 1.807) is 18.2 Å². The van der Waals surface area contributed by atoms with Gasteiger partial charge in [-0.2, -0.15) is 0 Å². The predicted octanol–water partition coefficient (Wildman–Crippen LogP) is 1.41. The molecular formula is C23H31N3O7. The number of nitrogens with one attached hydrogen (secondary N) is 2. The van der Waals surface area contributed by atoms with Crippen LogP contribution in [0, 0.1) is 11.3 Å². The van der Waals surface area contributed by atoms with Crippen molar-refractivity contribution < 1.29 is 33.7 Å². The number of amides is 4. The number of carbonyl (C=O) groups is 3. The highest BCUT2D eigenvalue weighted by Crippen LogP contribution is 2.46. The zero-order chi connectivity index (χ0) is 23.8.